The van der Waals surface area contributed by atoms with E-state index in [4.69, 9.17) is 4.74 Å². The van der Waals surface area contributed by atoms with Crippen molar-refractivity contribution in [2.45, 2.75) is 6.92 Å². The van der Waals surface area contributed by atoms with Crippen LogP contribution in [0.3, 0.4) is 0 Å². The Morgan fingerprint density at radius 1 is 0.778 bits per heavy atom. The second kappa shape index (κ2) is 8.61. The van der Waals surface area contributed by atoms with Crippen molar-refractivity contribution >= 4 is 50.6 Å². The van der Waals surface area contributed by atoms with E-state index in [0.717, 1.165) is 21.5 Å². The Morgan fingerprint density at radius 3 is 1.89 bits per heavy atom. The van der Waals surface area contributed by atoms with Crippen molar-refractivity contribution in [3.05, 3.63) is 72.8 Å². The number of halogens is 1. The summed E-state index contributed by atoms with van der Waals surface area (Å²) in [6, 6.07) is 22.5. The number of hydrogen-bond donors (Lipinski definition) is 0. The van der Waals surface area contributed by atoms with Crippen LogP contribution in [0, 0.1) is 0 Å². The third-order valence-electron chi connectivity index (χ3n) is 4.29. The smallest absolute Gasteiger partial charge is 1.00 e. The van der Waals surface area contributed by atoms with Crippen LogP contribution in [0.4, 0.5) is 0 Å². The number of benzene rings is 4. The van der Waals surface area contributed by atoms with Crippen LogP contribution in [0.15, 0.2) is 72.8 Å². The first kappa shape index (κ1) is 21.0. The molecule has 0 N–H and O–H groups in total. The van der Waals surface area contributed by atoms with E-state index in [9.17, 15) is 9.90 Å². The van der Waals surface area contributed by atoms with Gasteiger partial charge in [-0.15, -0.1) is 5.75 Å². The molecule has 130 valence electrons. The van der Waals surface area contributed by atoms with Crippen LogP contribution in [0.5, 0.6) is 11.5 Å². The zero-order valence-corrected chi connectivity index (χ0v) is 16.9. The topological polar surface area (TPSA) is 49.4 Å². The fourth-order valence-electron chi connectivity index (χ4n) is 3.26. The molecule has 0 atom stereocenters. The molecule has 0 aromatic heterocycles. The van der Waals surface area contributed by atoms with E-state index >= 15 is 0 Å². The van der Waals surface area contributed by atoms with Gasteiger partial charge in [0.1, 0.15) is 5.75 Å². The standard InChI is InChI=1S/C22H16O3.ClH.Mg/c1-14(23)25-20-13-11-16-7-3-5-9-18(16)22(20)21-17-8-4-2-6-15(17)10-12-19(21)24;;/h2-13,24H,1H3;1H;/q;;+2/p-2. The molecule has 3 nitrogen and oxygen atoms in total. The zero-order valence-electron chi connectivity index (χ0n) is 14.7. The minimum atomic E-state index is -0.413. The van der Waals surface area contributed by atoms with Gasteiger partial charge in [0, 0.05) is 12.5 Å². The van der Waals surface area contributed by atoms with Crippen molar-refractivity contribution in [3.8, 4) is 22.6 Å². The summed E-state index contributed by atoms with van der Waals surface area (Å²) < 4.78 is 5.43. The van der Waals surface area contributed by atoms with Gasteiger partial charge in [-0.1, -0.05) is 66.7 Å². The summed E-state index contributed by atoms with van der Waals surface area (Å²) in [5.41, 5.74) is 1.22. The molecule has 0 bridgehead atoms. The monoisotopic (exact) mass is 386 g/mol. The number of carbonyl (C=O) groups is 1. The van der Waals surface area contributed by atoms with Crippen LogP contribution in [0.2, 0.25) is 0 Å². The van der Waals surface area contributed by atoms with E-state index in [1.807, 2.05) is 60.7 Å². The van der Waals surface area contributed by atoms with Crippen LogP contribution >= 0.6 is 0 Å². The van der Waals surface area contributed by atoms with Gasteiger partial charge in [0.25, 0.3) is 0 Å². The molecule has 0 spiro atoms. The van der Waals surface area contributed by atoms with E-state index < -0.39 is 5.97 Å². The molecular weight excluding hydrogens is 372 g/mol. The maximum Gasteiger partial charge on any atom is 2.00 e. The summed E-state index contributed by atoms with van der Waals surface area (Å²) in [6.45, 7) is 1.36. The number of hydrogen-bond acceptors (Lipinski definition) is 3. The van der Waals surface area contributed by atoms with Crippen LogP contribution in [-0.4, -0.2) is 29.0 Å². The van der Waals surface area contributed by atoms with Gasteiger partial charge < -0.3 is 22.3 Å². The predicted octanol–water partition coefficient (Wildman–Crippen LogP) is 1.28. The van der Waals surface area contributed by atoms with Crippen LogP contribution in [0.1, 0.15) is 6.92 Å². The van der Waals surface area contributed by atoms with Crippen molar-refractivity contribution in [1.29, 1.82) is 0 Å². The van der Waals surface area contributed by atoms with Crippen molar-refractivity contribution < 1.29 is 27.0 Å². The van der Waals surface area contributed by atoms with Crippen molar-refractivity contribution in [2.24, 2.45) is 0 Å². The summed E-state index contributed by atoms with van der Waals surface area (Å²) >= 11 is 0. The summed E-state index contributed by atoms with van der Waals surface area (Å²) in [6.07, 6.45) is 0. The third kappa shape index (κ3) is 3.88. The minimum Gasteiger partial charge on any atom is -1.00 e. The Bertz CT molecular complexity index is 1120. The predicted molar refractivity (Wildman–Crippen MR) is 103 cm³/mol. The molecule has 0 aliphatic carbocycles. The van der Waals surface area contributed by atoms with E-state index in [2.05, 4.69) is 0 Å². The summed E-state index contributed by atoms with van der Waals surface area (Å²) in [4.78, 5) is 11.6. The second-order valence-corrected chi connectivity index (χ2v) is 5.91. The number of rotatable bonds is 2. The van der Waals surface area contributed by atoms with Gasteiger partial charge in [-0.25, -0.2) is 0 Å². The molecule has 27 heavy (non-hydrogen) atoms. The van der Waals surface area contributed by atoms with Crippen LogP contribution in [-0.2, 0) is 4.79 Å². The van der Waals surface area contributed by atoms with E-state index in [1.165, 1.54) is 6.92 Å². The Labute approximate surface area is 179 Å². The number of carbonyl (C=O) groups excluding carboxylic acids is 1. The second-order valence-electron chi connectivity index (χ2n) is 5.91. The summed E-state index contributed by atoms with van der Waals surface area (Å²) in [7, 11) is 0. The normalized spacial score (nSPS) is 10.1. The molecule has 0 fully saturated rings. The van der Waals surface area contributed by atoms with Crippen LogP contribution < -0.4 is 22.3 Å². The SMILES string of the molecule is CC(=O)Oc1ccc2ccccc2c1-c1c([O-])ccc2ccccc12.[Cl-].[Mg+2]. The number of ether oxygens (including phenoxy) is 1. The van der Waals surface area contributed by atoms with Crippen molar-refractivity contribution in [3.63, 3.8) is 0 Å². The van der Waals surface area contributed by atoms with E-state index in [0.29, 0.717) is 16.9 Å². The molecule has 5 heteroatoms. The van der Waals surface area contributed by atoms with Crippen molar-refractivity contribution in [1.82, 2.24) is 0 Å². The van der Waals surface area contributed by atoms with Gasteiger partial charge in [-0.3, -0.25) is 4.79 Å². The zero-order chi connectivity index (χ0) is 17.4. The van der Waals surface area contributed by atoms with E-state index in [-0.39, 0.29) is 41.2 Å². The molecule has 0 radical (unpaired) electrons. The first-order chi connectivity index (χ1) is 12.1. The molecule has 0 aliphatic rings. The van der Waals surface area contributed by atoms with Gasteiger partial charge in [0.15, 0.2) is 0 Å². The van der Waals surface area contributed by atoms with Crippen LogP contribution in [0.25, 0.3) is 32.7 Å². The molecule has 0 saturated heterocycles. The summed E-state index contributed by atoms with van der Waals surface area (Å²) in [5.74, 6) is -0.104. The molecular formula is C22H15ClMgO3. The molecule has 0 aliphatic heterocycles. The average molecular weight is 387 g/mol. The molecule has 4 aromatic rings. The molecule has 0 unspecified atom stereocenters. The Balaban J connectivity index is 0.00000131. The molecule has 0 amide bonds. The first-order valence-corrected chi connectivity index (χ1v) is 8.04. The first-order valence-electron chi connectivity index (χ1n) is 8.04. The van der Waals surface area contributed by atoms with Crippen molar-refractivity contribution in [2.75, 3.05) is 0 Å². The quantitative estimate of drug-likeness (QED) is 0.296. The fourth-order valence-corrected chi connectivity index (χ4v) is 3.26. The fraction of sp³-hybridized carbons (Fsp3) is 0.0455. The minimum absolute atomic E-state index is 0. The maximum absolute atomic E-state index is 12.8. The molecule has 0 heterocycles. The molecule has 4 aromatic carbocycles. The largest absolute Gasteiger partial charge is 2.00 e. The maximum atomic E-state index is 12.8. The van der Waals surface area contributed by atoms with Gasteiger partial charge in [0.05, 0.1) is 0 Å². The summed E-state index contributed by atoms with van der Waals surface area (Å²) in [5, 5.41) is 16.5. The van der Waals surface area contributed by atoms with E-state index in [1.54, 1.807) is 12.1 Å². The molecule has 0 saturated carbocycles. The number of fused-ring (bicyclic) bond motifs is 2. The Kier molecular flexibility index (Phi) is 6.71. The third-order valence-corrected chi connectivity index (χ3v) is 4.29. The number of esters is 1. The van der Waals surface area contributed by atoms with Gasteiger partial charge in [0.2, 0.25) is 0 Å². The Hall–Kier alpha value is -2.27. The van der Waals surface area contributed by atoms with Gasteiger partial charge >= 0.3 is 29.0 Å². The van der Waals surface area contributed by atoms with Gasteiger partial charge in [-0.2, -0.15) is 0 Å². The molecule has 4 rings (SSSR count). The average Bonchev–Trinajstić information content (AvgIpc) is 2.62. The Morgan fingerprint density at radius 2 is 1.30 bits per heavy atom. The van der Waals surface area contributed by atoms with Gasteiger partial charge in [-0.05, 0) is 33.2 Å².